The molecule has 2 bridgehead atoms. The molecule has 16 heavy (non-hydrogen) atoms. The topological polar surface area (TPSA) is 12.0 Å². The Morgan fingerprint density at radius 3 is 2.31 bits per heavy atom. The fourth-order valence-electron chi connectivity index (χ4n) is 5.26. The van der Waals surface area contributed by atoms with Crippen LogP contribution >= 0.6 is 0 Å². The highest BCUT2D eigenvalue weighted by atomic mass is 15.0. The van der Waals surface area contributed by atoms with Gasteiger partial charge in [0.2, 0.25) is 0 Å². The van der Waals surface area contributed by atoms with Gasteiger partial charge in [0.05, 0.1) is 0 Å². The molecule has 0 spiro atoms. The Hall–Kier alpha value is -0.0400. The van der Waals surface area contributed by atoms with E-state index in [-0.39, 0.29) is 0 Å². The zero-order chi connectivity index (χ0) is 10.7. The first kappa shape index (κ1) is 9.94. The van der Waals surface area contributed by atoms with E-state index in [2.05, 4.69) is 12.2 Å². The zero-order valence-corrected chi connectivity index (χ0v) is 10.5. The Labute approximate surface area is 99.4 Å². The molecule has 0 heterocycles. The van der Waals surface area contributed by atoms with Crippen molar-refractivity contribution in [2.24, 2.45) is 35.5 Å². The van der Waals surface area contributed by atoms with Crippen molar-refractivity contribution in [3.05, 3.63) is 0 Å². The molecule has 0 aromatic rings. The van der Waals surface area contributed by atoms with Gasteiger partial charge in [0, 0.05) is 6.04 Å². The van der Waals surface area contributed by atoms with Gasteiger partial charge in [-0.25, -0.2) is 0 Å². The van der Waals surface area contributed by atoms with Crippen LogP contribution in [0, 0.1) is 35.5 Å². The molecule has 0 saturated heterocycles. The second-order valence-electron chi connectivity index (χ2n) is 6.88. The van der Waals surface area contributed by atoms with Crippen molar-refractivity contribution in [1.82, 2.24) is 5.32 Å². The maximum atomic E-state index is 3.89. The van der Waals surface area contributed by atoms with Crippen LogP contribution < -0.4 is 5.32 Å². The second kappa shape index (κ2) is 3.48. The largest absolute Gasteiger partial charge is 0.313 e. The SMILES string of the molecule is CCCNC(C1CC1)C1C2C3CCC(C3)C21. The molecule has 5 atom stereocenters. The minimum atomic E-state index is 0.929. The third-order valence-corrected chi connectivity index (χ3v) is 5.97. The minimum Gasteiger partial charge on any atom is -0.313 e. The van der Waals surface area contributed by atoms with E-state index in [1.807, 2.05) is 0 Å². The second-order valence-corrected chi connectivity index (χ2v) is 6.88. The van der Waals surface area contributed by atoms with Gasteiger partial charge >= 0.3 is 0 Å². The molecule has 1 nitrogen and oxygen atoms in total. The maximum absolute atomic E-state index is 3.89. The van der Waals surface area contributed by atoms with E-state index in [1.54, 1.807) is 19.3 Å². The molecule has 90 valence electrons. The average molecular weight is 219 g/mol. The Balaban J connectivity index is 1.45. The van der Waals surface area contributed by atoms with Gasteiger partial charge in [-0.1, -0.05) is 6.92 Å². The van der Waals surface area contributed by atoms with Gasteiger partial charge in [-0.2, -0.15) is 0 Å². The highest BCUT2D eigenvalue weighted by Crippen LogP contribution is 2.71. The molecule has 4 aliphatic rings. The fraction of sp³-hybridized carbons (Fsp3) is 1.00. The first-order chi connectivity index (χ1) is 7.90. The predicted molar refractivity (Wildman–Crippen MR) is 66.1 cm³/mol. The standard InChI is InChI=1S/C15H25N/c1-2-7-16-15(9-3-4-9)14-12-10-5-6-11(8-10)13(12)14/h9-16H,2-8H2,1H3. The summed E-state index contributed by atoms with van der Waals surface area (Å²) in [4.78, 5) is 0. The van der Waals surface area contributed by atoms with Crippen LogP contribution in [0.15, 0.2) is 0 Å². The van der Waals surface area contributed by atoms with Gasteiger partial charge in [-0.05, 0) is 80.6 Å². The summed E-state index contributed by atoms with van der Waals surface area (Å²) in [7, 11) is 0. The molecule has 0 aromatic heterocycles. The molecule has 1 heteroatoms. The van der Waals surface area contributed by atoms with Crippen LogP contribution in [0.5, 0.6) is 0 Å². The van der Waals surface area contributed by atoms with Gasteiger partial charge < -0.3 is 5.32 Å². The minimum absolute atomic E-state index is 0.929. The van der Waals surface area contributed by atoms with Gasteiger partial charge in [-0.3, -0.25) is 0 Å². The van der Waals surface area contributed by atoms with Crippen molar-refractivity contribution in [3.63, 3.8) is 0 Å². The lowest BCUT2D eigenvalue weighted by Crippen LogP contribution is -2.35. The highest BCUT2D eigenvalue weighted by molar-refractivity contribution is 5.17. The van der Waals surface area contributed by atoms with Gasteiger partial charge in [0.25, 0.3) is 0 Å². The molecule has 5 unspecified atom stereocenters. The first-order valence-electron chi connectivity index (χ1n) is 7.63. The number of fused-ring (bicyclic) bond motifs is 5. The van der Waals surface area contributed by atoms with Crippen molar-refractivity contribution in [2.75, 3.05) is 6.54 Å². The van der Waals surface area contributed by atoms with Crippen LogP contribution in [-0.2, 0) is 0 Å². The van der Waals surface area contributed by atoms with E-state index in [9.17, 15) is 0 Å². The molecular formula is C15H25N. The van der Waals surface area contributed by atoms with Gasteiger partial charge in [0.15, 0.2) is 0 Å². The number of hydrogen-bond acceptors (Lipinski definition) is 1. The molecule has 1 N–H and O–H groups in total. The normalized spacial score (nSPS) is 50.4. The van der Waals surface area contributed by atoms with Crippen molar-refractivity contribution >= 4 is 0 Å². The average Bonchev–Trinajstić information content (AvgIpc) is 3.20. The summed E-state index contributed by atoms with van der Waals surface area (Å²) in [5.74, 6) is 6.85. The third kappa shape index (κ3) is 1.33. The highest BCUT2D eigenvalue weighted by Gasteiger charge is 2.67. The maximum Gasteiger partial charge on any atom is 0.0129 e. The first-order valence-corrected chi connectivity index (χ1v) is 7.63. The molecule has 0 aliphatic heterocycles. The van der Waals surface area contributed by atoms with E-state index >= 15 is 0 Å². The summed E-state index contributed by atoms with van der Waals surface area (Å²) in [5, 5.41) is 3.89. The summed E-state index contributed by atoms with van der Waals surface area (Å²) in [5.41, 5.74) is 0. The molecule has 4 aliphatic carbocycles. The van der Waals surface area contributed by atoms with Crippen LogP contribution in [-0.4, -0.2) is 12.6 Å². The quantitative estimate of drug-likeness (QED) is 0.749. The third-order valence-electron chi connectivity index (χ3n) is 5.97. The summed E-state index contributed by atoms with van der Waals surface area (Å²) < 4.78 is 0. The van der Waals surface area contributed by atoms with Crippen LogP contribution in [0.4, 0.5) is 0 Å². The number of hydrogen-bond donors (Lipinski definition) is 1. The van der Waals surface area contributed by atoms with Crippen molar-refractivity contribution < 1.29 is 0 Å². The van der Waals surface area contributed by atoms with Crippen LogP contribution in [0.3, 0.4) is 0 Å². The fourth-order valence-corrected chi connectivity index (χ4v) is 5.26. The number of nitrogens with one attached hydrogen (secondary N) is 1. The number of rotatable bonds is 5. The van der Waals surface area contributed by atoms with Gasteiger partial charge in [0.1, 0.15) is 0 Å². The Kier molecular flexibility index (Phi) is 2.16. The smallest absolute Gasteiger partial charge is 0.0129 e. The molecule has 4 saturated carbocycles. The summed E-state index contributed by atoms with van der Waals surface area (Å²) >= 11 is 0. The van der Waals surface area contributed by atoms with Crippen LogP contribution in [0.2, 0.25) is 0 Å². The Morgan fingerprint density at radius 2 is 1.75 bits per heavy atom. The molecule has 4 fully saturated rings. The van der Waals surface area contributed by atoms with Crippen LogP contribution in [0.1, 0.15) is 45.4 Å². The Bertz CT molecular complexity index is 267. The van der Waals surface area contributed by atoms with Crippen molar-refractivity contribution in [2.45, 2.75) is 51.5 Å². The lowest BCUT2D eigenvalue weighted by Gasteiger charge is -2.21. The molecule has 4 rings (SSSR count). The molecule has 0 aromatic carbocycles. The molecule has 0 amide bonds. The van der Waals surface area contributed by atoms with E-state index in [4.69, 9.17) is 0 Å². The lowest BCUT2D eigenvalue weighted by atomic mass is 9.94. The van der Waals surface area contributed by atoms with E-state index < -0.39 is 0 Å². The molecule has 0 radical (unpaired) electrons. The lowest BCUT2D eigenvalue weighted by molar-refractivity contribution is 0.336. The van der Waals surface area contributed by atoms with Gasteiger partial charge in [-0.15, -0.1) is 0 Å². The molecular weight excluding hydrogens is 194 g/mol. The summed E-state index contributed by atoms with van der Waals surface area (Å²) in [6.07, 6.45) is 9.11. The van der Waals surface area contributed by atoms with Crippen molar-refractivity contribution in [1.29, 1.82) is 0 Å². The predicted octanol–water partition coefficient (Wildman–Crippen LogP) is 3.06. The van der Waals surface area contributed by atoms with Crippen molar-refractivity contribution in [3.8, 4) is 0 Å². The zero-order valence-electron chi connectivity index (χ0n) is 10.5. The van der Waals surface area contributed by atoms with Crippen LogP contribution in [0.25, 0.3) is 0 Å². The van der Waals surface area contributed by atoms with E-state index in [1.165, 1.54) is 37.6 Å². The Morgan fingerprint density at radius 1 is 1.06 bits per heavy atom. The monoisotopic (exact) mass is 219 g/mol. The van der Waals surface area contributed by atoms with E-state index in [0.29, 0.717) is 0 Å². The summed E-state index contributed by atoms with van der Waals surface area (Å²) in [6.45, 7) is 3.56. The van der Waals surface area contributed by atoms with E-state index in [0.717, 1.165) is 29.7 Å². The summed E-state index contributed by atoms with van der Waals surface area (Å²) in [6, 6.07) is 0.929.